The number of amides is 1. The van der Waals surface area contributed by atoms with Gasteiger partial charge in [0, 0.05) is 24.0 Å². The van der Waals surface area contributed by atoms with Gasteiger partial charge in [-0.15, -0.1) is 16.4 Å². The van der Waals surface area contributed by atoms with Crippen molar-refractivity contribution in [2.24, 2.45) is 0 Å². The van der Waals surface area contributed by atoms with Gasteiger partial charge in [-0.25, -0.2) is 4.68 Å². The third kappa shape index (κ3) is 2.73. The molecule has 0 radical (unpaired) electrons. The predicted molar refractivity (Wildman–Crippen MR) is 104 cm³/mol. The summed E-state index contributed by atoms with van der Waals surface area (Å²) in [6, 6.07) is 11.5. The number of rotatable bonds is 2. The molecule has 4 aromatic rings. The van der Waals surface area contributed by atoms with Crippen molar-refractivity contribution in [2.75, 3.05) is 13.1 Å². The van der Waals surface area contributed by atoms with Crippen LogP contribution in [0.5, 0.6) is 0 Å². The fourth-order valence-electron chi connectivity index (χ4n) is 3.69. The topological polar surface area (TPSA) is 83.9 Å². The van der Waals surface area contributed by atoms with Gasteiger partial charge in [-0.05, 0) is 36.4 Å². The lowest BCUT2D eigenvalue weighted by Crippen LogP contribution is -2.41. The number of hydrogen-bond acceptors (Lipinski definition) is 5. The molecule has 1 amide bonds. The molecule has 0 aliphatic carbocycles. The summed E-state index contributed by atoms with van der Waals surface area (Å²) in [4.78, 5) is 30.5. The number of carbonyl (C=O) groups is 1. The quantitative estimate of drug-likeness (QED) is 0.580. The van der Waals surface area contributed by atoms with E-state index in [1.165, 1.54) is 16.0 Å². The molecule has 5 rings (SSSR count). The van der Waals surface area contributed by atoms with Crippen molar-refractivity contribution in [1.82, 2.24) is 24.9 Å². The molecular weight excluding hydrogens is 362 g/mol. The number of aromatic amines is 1. The summed E-state index contributed by atoms with van der Waals surface area (Å²) >= 11 is 1.39. The molecule has 1 aliphatic heterocycles. The molecule has 0 atom stereocenters. The molecule has 4 heterocycles. The molecule has 1 saturated heterocycles. The zero-order valence-corrected chi connectivity index (χ0v) is 15.3. The standard InChI is InChI=1S/C19H17N5O2S/c25-18(16-11-12-3-1-2-4-14(12)20-16)23-8-5-13(6-9-23)24-19(26)17-15(21-22-24)7-10-27-17/h1-4,7,10-11,13,20H,5-6,8-9H2. The second-order valence-electron chi connectivity index (χ2n) is 6.77. The Morgan fingerprint density at radius 3 is 2.81 bits per heavy atom. The summed E-state index contributed by atoms with van der Waals surface area (Å²) < 4.78 is 2.13. The van der Waals surface area contributed by atoms with Crippen molar-refractivity contribution >= 4 is 38.4 Å². The monoisotopic (exact) mass is 379 g/mol. The van der Waals surface area contributed by atoms with Gasteiger partial charge >= 0.3 is 0 Å². The van der Waals surface area contributed by atoms with Gasteiger partial charge in [0.2, 0.25) is 0 Å². The number of carbonyl (C=O) groups excluding carboxylic acids is 1. The van der Waals surface area contributed by atoms with E-state index in [2.05, 4.69) is 15.3 Å². The Labute approximate surface area is 158 Å². The Kier molecular flexibility index (Phi) is 3.78. The van der Waals surface area contributed by atoms with E-state index in [0.29, 0.717) is 41.8 Å². The van der Waals surface area contributed by atoms with Gasteiger partial charge in [-0.3, -0.25) is 9.59 Å². The Morgan fingerprint density at radius 2 is 2.00 bits per heavy atom. The predicted octanol–water partition coefficient (Wildman–Crippen LogP) is 2.81. The van der Waals surface area contributed by atoms with E-state index in [1.54, 1.807) is 6.07 Å². The van der Waals surface area contributed by atoms with E-state index in [4.69, 9.17) is 0 Å². The Hall–Kier alpha value is -3.00. The van der Waals surface area contributed by atoms with E-state index in [9.17, 15) is 9.59 Å². The van der Waals surface area contributed by atoms with Crippen LogP contribution in [0.15, 0.2) is 46.6 Å². The number of thiophene rings is 1. The van der Waals surface area contributed by atoms with Crippen LogP contribution >= 0.6 is 11.3 Å². The van der Waals surface area contributed by atoms with Gasteiger partial charge in [0.1, 0.15) is 15.9 Å². The lowest BCUT2D eigenvalue weighted by molar-refractivity contribution is 0.0682. The summed E-state index contributed by atoms with van der Waals surface area (Å²) in [6.45, 7) is 1.19. The molecule has 3 aromatic heterocycles. The highest BCUT2D eigenvalue weighted by molar-refractivity contribution is 7.17. The van der Waals surface area contributed by atoms with Crippen molar-refractivity contribution in [3.8, 4) is 0 Å². The minimum absolute atomic E-state index is 0.00297. The Bertz CT molecular complexity index is 1170. The number of H-pyrrole nitrogens is 1. The smallest absolute Gasteiger partial charge is 0.287 e. The average Bonchev–Trinajstić information content (AvgIpc) is 3.35. The Balaban J connectivity index is 1.34. The number of nitrogens with zero attached hydrogens (tertiary/aromatic N) is 4. The number of piperidine rings is 1. The number of fused-ring (bicyclic) bond motifs is 2. The van der Waals surface area contributed by atoms with Crippen LogP contribution in [-0.4, -0.2) is 43.9 Å². The molecule has 27 heavy (non-hydrogen) atoms. The van der Waals surface area contributed by atoms with Gasteiger partial charge < -0.3 is 9.88 Å². The van der Waals surface area contributed by atoms with E-state index in [0.717, 1.165) is 10.9 Å². The average molecular weight is 379 g/mol. The first-order valence-electron chi connectivity index (χ1n) is 8.90. The van der Waals surface area contributed by atoms with Crippen molar-refractivity contribution in [1.29, 1.82) is 0 Å². The van der Waals surface area contributed by atoms with Gasteiger partial charge in [0.25, 0.3) is 11.5 Å². The molecule has 0 spiro atoms. The second kappa shape index (κ2) is 6.31. The minimum atomic E-state index is -0.0876. The SMILES string of the molecule is O=C(c1cc2ccccc2[nH]1)N1CCC(n2nnc3ccsc3c2=O)CC1. The molecule has 8 heteroatoms. The third-order valence-corrected chi connectivity index (χ3v) is 6.05. The summed E-state index contributed by atoms with van der Waals surface area (Å²) in [7, 11) is 0. The molecule has 0 unspecified atom stereocenters. The first-order valence-corrected chi connectivity index (χ1v) is 9.78. The highest BCUT2D eigenvalue weighted by Gasteiger charge is 2.27. The molecule has 136 valence electrons. The number of likely N-dealkylation sites (tertiary alicyclic amines) is 1. The van der Waals surface area contributed by atoms with Crippen LogP contribution in [0.1, 0.15) is 29.4 Å². The molecule has 1 fully saturated rings. The molecule has 1 aromatic carbocycles. The van der Waals surface area contributed by atoms with Crippen LogP contribution in [0, 0.1) is 0 Å². The number of benzene rings is 1. The molecule has 0 bridgehead atoms. The Morgan fingerprint density at radius 1 is 1.19 bits per heavy atom. The van der Waals surface area contributed by atoms with Gasteiger partial charge in [-0.2, -0.15) is 0 Å². The number of para-hydroxylation sites is 1. The van der Waals surface area contributed by atoms with Gasteiger partial charge in [0.15, 0.2) is 0 Å². The largest absolute Gasteiger partial charge is 0.351 e. The van der Waals surface area contributed by atoms with Crippen LogP contribution in [0.3, 0.4) is 0 Å². The highest BCUT2D eigenvalue weighted by Crippen LogP contribution is 2.24. The molecule has 7 nitrogen and oxygen atoms in total. The first kappa shape index (κ1) is 16.2. The lowest BCUT2D eigenvalue weighted by Gasteiger charge is -2.31. The van der Waals surface area contributed by atoms with E-state index < -0.39 is 0 Å². The maximum absolute atomic E-state index is 12.8. The van der Waals surface area contributed by atoms with Gasteiger partial charge in [-0.1, -0.05) is 23.4 Å². The van der Waals surface area contributed by atoms with Crippen molar-refractivity contribution < 1.29 is 4.79 Å². The second-order valence-corrected chi connectivity index (χ2v) is 7.68. The summed E-state index contributed by atoms with van der Waals surface area (Å²) in [5, 5.41) is 11.1. The fraction of sp³-hybridized carbons (Fsp3) is 0.263. The third-order valence-electron chi connectivity index (χ3n) is 5.15. The lowest BCUT2D eigenvalue weighted by atomic mass is 10.0. The number of hydrogen-bond donors (Lipinski definition) is 1. The maximum atomic E-state index is 12.8. The van der Waals surface area contributed by atoms with Crippen LogP contribution in [0.2, 0.25) is 0 Å². The van der Waals surface area contributed by atoms with E-state index >= 15 is 0 Å². The van der Waals surface area contributed by atoms with E-state index in [-0.39, 0.29) is 17.5 Å². The van der Waals surface area contributed by atoms with Crippen LogP contribution < -0.4 is 5.56 Å². The summed E-state index contributed by atoms with van der Waals surface area (Å²) in [5.74, 6) is -0.00297. The van der Waals surface area contributed by atoms with Gasteiger partial charge in [0.05, 0.1) is 6.04 Å². The summed E-state index contributed by atoms with van der Waals surface area (Å²) in [6.07, 6.45) is 1.38. The fourth-order valence-corrected chi connectivity index (χ4v) is 4.45. The summed E-state index contributed by atoms with van der Waals surface area (Å²) in [5.41, 5.74) is 2.12. The zero-order valence-electron chi connectivity index (χ0n) is 14.5. The molecule has 1 N–H and O–H groups in total. The minimum Gasteiger partial charge on any atom is -0.351 e. The van der Waals surface area contributed by atoms with Crippen LogP contribution in [0.4, 0.5) is 0 Å². The highest BCUT2D eigenvalue weighted by atomic mass is 32.1. The van der Waals surface area contributed by atoms with Crippen LogP contribution in [0.25, 0.3) is 21.1 Å². The molecular formula is C19H17N5O2S. The van der Waals surface area contributed by atoms with Crippen molar-refractivity contribution in [3.63, 3.8) is 0 Å². The normalized spacial score (nSPS) is 15.6. The van der Waals surface area contributed by atoms with Crippen LogP contribution in [-0.2, 0) is 0 Å². The van der Waals surface area contributed by atoms with Crippen molar-refractivity contribution in [3.05, 3.63) is 57.8 Å². The molecule has 0 saturated carbocycles. The number of nitrogens with one attached hydrogen (secondary N) is 1. The van der Waals surface area contributed by atoms with Crippen molar-refractivity contribution in [2.45, 2.75) is 18.9 Å². The van der Waals surface area contributed by atoms with E-state index in [1.807, 2.05) is 40.6 Å². The molecule has 1 aliphatic rings. The number of aromatic nitrogens is 4. The zero-order chi connectivity index (χ0) is 18.4. The first-order chi connectivity index (χ1) is 13.2. The maximum Gasteiger partial charge on any atom is 0.287 e.